The molecule has 118 valence electrons. The van der Waals surface area contributed by atoms with Crippen LogP contribution in [0.25, 0.3) is 0 Å². The first-order chi connectivity index (χ1) is 9.78. The van der Waals surface area contributed by atoms with Gasteiger partial charge in [-0.25, -0.2) is 0 Å². The van der Waals surface area contributed by atoms with Gasteiger partial charge in [0.25, 0.3) is 0 Å². The minimum absolute atomic E-state index is 0.175. The van der Waals surface area contributed by atoms with Gasteiger partial charge in [-0.3, -0.25) is 4.79 Å². The summed E-state index contributed by atoms with van der Waals surface area (Å²) in [7, 11) is 0. The summed E-state index contributed by atoms with van der Waals surface area (Å²) in [6, 6.07) is 0.257. The highest BCUT2D eigenvalue weighted by molar-refractivity contribution is 14.1. The Hall–Kier alpha value is -0.360. The molecule has 0 aromatic carbocycles. The molecule has 2 aliphatic carbocycles. The molecular formula is C17H27IN2O. The van der Waals surface area contributed by atoms with E-state index in [0.717, 1.165) is 37.8 Å². The predicted octanol–water partition coefficient (Wildman–Crippen LogP) is 3.83. The number of nitrogens with two attached hydrogens (primary N) is 1. The van der Waals surface area contributed by atoms with Crippen molar-refractivity contribution in [3.63, 3.8) is 0 Å². The predicted molar refractivity (Wildman–Crippen MR) is 96.2 cm³/mol. The van der Waals surface area contributed by atoms with Crippen LogP contribution in [0.2, 0.25) is 0 Å². The van der Waals surface area contributed by atoms with Crippen molar-refractivity contribution < 1.29 is 4.79 Å². The molecule has 0 aliphatic heterocycles. The highest BCUT2D eigenvalue weighted by atomic mass is 127. The quantitative estimate of drug-likeness (QED) is 0.555. The molecule has 1 saturated carbocycles. The number of nitrogens with one attached hydrogen (secondary N) is 1. The Bertz CT molecular complexity index is 509. The van der Waals surface area contributed by atoms with Crippen molar-refractivity contribution >= 4 is 28.5 Å². The van der Waals surface area contributed by atoms with E-state index in [1.807, 2.05) is 6.92 Å². The zero-order valence-corrected chi connectivity index (χ0v) is 15.7. The summed E-state index contributed by atoms with van der Waals surface area (Å²) in [6.07, 6.45) is 5.15. The van der Waals surface area contributed by atoms with Crippen LogP contribution >= 0.6 is 22.6 Å². The van der Waals surface area contributed by atoms with E-state index < -0.39 is 0 Å². The van der Waals surface area contributed by atoms with Crippen molar-refractivity contribution in [3.8, 4) is 0 Å². The van der Waals surface area contributed by atoms with Crippen LogP contribution in [0.1, 0.15) is 59.8 Å². The Morgan fingerprint density at radius 1 is 1.48 bits per heavy atom. The summed E-state index contributed by atoms with van der Waals surface area (Å²) in [6.45, 7) is 8.46. The van der Waals surface area contributed by atoms with Gasteiger partial charge in [0.1, 0.15) is 0 Å². The Morgan fingerprint density at radius 2 is 2.14 bits per heavy atom. The van der Waals surface area contributed by atoms with Crippen molar-refractivity contribution in [1.29, 1.82) is 0 Å². The van der Waals surface area contributed by atoms with Gasteiger partial charge in [0, 0.05) is 15.2 Å². The van der Waals surface area contributed by atoms with Crippen LogP contribution < -0.4 is 11.1 Å². The average molecular weight is 402 g/mol. The van der Waals surface area contributed by atoms with Crippen molar-refractivity contribution in [2.75, 3.05) is 0 Å². The number of alkyl halides is 1. The maximum absolute atomic E-state index is 12.3. The maximum atomic E-state index is 12.3. The molecule has 3 nitrogen and oxygen atoms in total. The minimum Gasteiger partial charge on any atom is -0.330 e. The summed E-state index contributed by atoms with van der Waals surface area (Å²) in [5, 5.41) is 3.12. The number of hydrogen-bond acceptors (Lipinski definition) is 2. The summed E-state index contributed by atoms with van der Waals surface area (Å²) in [5.41, 5.74) is 11.1. The third kappa shape index (κ3) is 3.70. The molecular weight excluding hydrogens is 375 g/mol. The molecule has 3 N–H and O–H groups in total. The van der Waals surface area contributed by atoms with Gasteiger partial charge < -0.3 is 11.1 Å². The molecule has 0 bridgehead atoms. The normalized spacial score (nSPS) is 33.6. The number of carbonyl (C=O) groups excluding carboxylic acids is 1. The second kappa shape index (κ2) is 6.41. The fourth-order valence-corrected chi connectivity index (χ4v) is 3.88. The molecule has 2 unspecified atom stereocenters. The van der Waals surface area contributed by atoms with Gasteiger partial charge >= 0.3 is 0 Å². The van der Waals surface area contributed by atoms with Gasteiger partial charge in [-0.15, -0.1) is 0 Å². The molecule has 0 saturated heterocycles. The van der Waals surface area contributed by atoms with Gasteiger partial charge in [-0.1, -0.05) is 35.1 Å². The number of rotatable bonds is 4. The highest BCUT2D eigenvalue weighted by Gasteiger charge is 2.54. The molecule has 2 aliphatic rings. The van der Waals surface area contributed by atoms with E-state index in [1.54, 1.807) is 0 Å². The van der Waals surface area contributed by atoms with Gasteiger partial charge in [0.2, 0.25) is 5.91 Å². The van der Waals surface area contributed by atoms with Crippen molar-refractivity contribution in [2.45, 2.75) is 69.3 Å². The van der Waals surface area contributed by atoms with Crippen LogP contribution in [-0.2, 0) is 4.79 Å². The molecule has 4 heteroatoms. The number of hydrogen-bond donors (Lipinski definition) is 2. The lowest BCUT2D eigenvalue weighted by Crippen LogP contribution is -2.28. The lowest BCUT2D eigenvalue weighted by Gasteiger charge is -2.25. The molecule has 2 rings (SSSR count). The van der Waals surface area contributed by atoms with Gasteiger partial charge in [-0.05, 0) is 64.0 Å². The zero-order valence-electron chi connectivity index (χ0n) is 13.6. The van der Waals surface area contributed by atoms with Crippen LogP contribution in [0.4, 0.5) is 0 Å². The van der Waals surface area contributed by atoms with Crippen LogP contribution in [0.5, 0.6) is 0 Å². The third-order valence-corrected chi connectivity index (χ3v) is 7.06. The van der Waals surface area contributed by atoms with E-state index in [0.29, 0.717) is 0 Å². The van der Waals surface area contributed by atoms with Crippen LogP contribution in [0, 0.1) is 5.92 Å². The first-order valence-corrected chi connectivity index (χ1v) is 8.98. The summed E-state index contributed by atoms with van der Waals surface area (Å²) >= 11 is 2.44. The standard InChI is InChI=1S/C17H27IN2O/c1-5-17(18)9-15(17)16(21)20-12(4)11(3)14-8-13(19)7-6-10(14)2/h13,15H,5-9,19H2,1-4H3,(H,20,21)/b12-11+/t13-,15?,17?/m0/s1. The third-order valence-electron chi connectivity index (χ3n) is 5.11. The number of amides is 1. The van der Waals surface area contributed by atoms with Gasteiger partial charge in [-0.2, -0.15) is 0 Å². The molecule has 21 heavy (non-hydrogen) atoms. The topological polar surface area (TPSA) is 55.1 Å². The molecule has 0 radical (unpaired) electrons. The Kier molecular flexibility index (Phi) is 5.19. The molecule has 1 amide bonds. The first kappa shape index (κ1) is 17.0. The van der Waals surface area contributed by atoms with E-state index in [1.165, 1.54) is 16.7 Å². The van der Waals surface area contributed by atoms with E-state index in [4.69, 9.17) is 5.73 Å². The van der Waals surface area contributed by atoms with E-state index in [9.17, 15) is 4.79 Å². The lowest BCUT2D eigenvalue weighted by atomic mass is 9.85. The number of halogens is 1. The highest BCUT2D eigenvalue weighted by Crippen LogP contribution is 2.54. The summed E-state index contributed by atoms with van der Waals surface area (Å²) in [4.78, 5) is 12.3. The largest absolute Gasteiger partial charge is 0.330 e. The Balaban J connectivity index is 2.07. The molecule has 0 spiro atoms. The Labute approximate surface area is 142 Å². The minimum atomic E-state index is 0.175. The molecule has 1 fully saturated rings. The second-order valence-corrected chi connectivity index (χ2v) is 8.79. The van der Waals surface area contributed by atoms with Crippen LogP contribution in [0.3, 0.4) is 0 Å². The SMILES string of the molecule is CCC1(I)CC1C(=O)N/C(C)=C(\C)C1=C(C)CC[C@H](N)C1. The fourth-order valence-electron chi connectivity index (χ4n) is 3.16. The van der Waals surface area contributed by atoms with Gasteiger partial charge in [0.05, 0.1) is 5.92 Å². The average Bonchev–Trinajstić information content (AvgIpc) is 3.14. The monoisotopic (exact) mass is 402 g/mol. The van der Waals surface area contributed by atoms with Crippen molar-refractivity contribution in [3.05, 3.63) is 22.4 Å². The van der Waals surface area contributed by atoms with E-state index in [2.05, 4.69) is 48.7 Å². The number of allylic oxidation sites excluding steroid dienone is 3. The lowest BCUT2D eigenvalue weighted by molar-refractivity contribution is -0.121. The van der Waals surface area contributed by atoms with Crippen LogP contribution in [0.15, 0.2) is 22.4 Å². The van der Waals surface area contributed by atoms with E-state index >= 15 is 0 Å². The fraction of sp³-hybridized carbons (Fsp3) is 0.706. The second-order valence-electron chi connectivity index (χ2n) is 6.65. The Morgan fingerprint density at radius 3 is 2.71 bits per heavy atom. The molecule has 0 aromatic heterocycles. The summed E-state index contributed by atoms with van der Waals surface area (Å²) < 4.78 is 0.193. The van der Waals surface area contributed by atoms with Crippen molar-refractivity contribution in [1.82, 2.24) is 5.32 Å². The van der Waals surface area contributed by atoms with Gasteiger partial charge in [0.15, 0.2) is 0 Å². The smallest absolute Gasteiger partial charge is 0.228 e. The van der Waals surface area contributed by atoms with E-state index in [-0.39, 0.29) is 21.3 Å². The molecule has 0 aromatic rings. The maximum Gasteiger partial charge on any atom is 0.228 e. The molecule has 3 atom stereocenters. The van der Waals surface area contributed by atoms with Crippen molar-refractivity contribution in [2.24, 2.45) is 11.7 Å². The zero-order chi connectivity index (χ0) is 15.8. The van der Waals surface area contributed by atoms with Crippen LogP contribution in [-0.4, -0.2) is 15.4 Å². The first-order valence-electron chi connectivity index (χ1n) is 7.90. The molecule has 0 heterocycles. The number of carbonyl (C=O) groups is 1. The summed E-state index contributed by atoms with van der Waals surface area (Å²) in [5.74, 6) is 0.357.